The summed E-state index contributed by atoms with van der Waals surface area (Å²) >= 11 is 1.81. The number of anilines is 3. The van der Waals surface area contributed by atoms with Gasteiger partial charge in [-0.2, -0.15) is 0 Å². The van der Waals surface area contributed by atoms with E-state index in [0.29, 0.717) is 0 Å². The molecule has 234 valence electrons. The van der Waals surface area contributed by atoms with Crippen LogP contribution in [0.3, 0.4) is 0 Å². The zero-order chi connectivity index (χ0) is 32.8. The fraction of sp³-hybridized carbons (Fsp3) is 0. The molecular weight excluding hydrogens is 631 g/mol. The summed E-state index contributed by atoms with van der Waals surface area (Å²) in [6, 6.07) is 58.3. The third-order valence-electron chi connectivity index (χ3n) is 10.1. The Labute approximate surface area is 290 Å². The van der Waals surface area contributed by atoms with Crippen molar-refractivity contribution < 1.29 is 8.83 Å². The van der Waals surface area contributed by atoms with Gasteiger partial charge in [-0.1, -0.05) is 97.1 Å². The first-order valence-electron chi connectivity index (χ1n) is 16.8. The Bertz CT molecular complexity index is 3100. The van der Waals surface area contributed by atoms with Crippen LogP contribution in [0.25, 0.3) is 85.9 Å². The number of rotatable bonds is 4. The zero-order valence-electron chi connectivity index (χ0n) is 26.8. The molecule has 3 heterocycles. The van der Waals surface area contributed by atoms with Crippen molar-refractivity contribution >= 4 is 103 Å². The van der Waals surface area contributed by atoms with E-state index in [1.165, 1.54) is 36.7 Å². The lowest BCUT2D eigenvalue weighted by Gasteiger charge is -2.26. The summed E-state index contributed by atoms with van der Waals surface area (Å²) in [6.07, 6.45) is 0. The molecule has 0 amide bonds. The molecule has 0 aliphatic carbocycles. The number of para-hydroxylation sites is 2. The maximum Gasteiger partial charge on any atom is 0.144 e. The molecule has 3 nitrogen and oxygen atoms in total. The number of hydrogen-bond acceptors (Lipinski definition) is 4. The third-order valence-corrected chi connectivity index (χ3v) is 11.2. The second-order valence-corrected chi connectivity index (χ2v) is 13.9. The second kappa shape index (κ2) is 10.6. The third kappa shape index (κ3) is 4.03. The summed E-state index contributed by atoms with van der Waals surface area (Å²) in [5.41, 5.74) is 9.18. The monoisotopic (exact) mass is 657 g/mol. The molecule has 50 heavy (non-hydrogen) atoms. The van der Waals surface area contributed by atoms with Crippen LogP contribution in [0.15, 0.2) is 173 Å². The highest BCUT2D eigenvalue weighted by atomic mass is 32.1. The Morgan fingerprint density at radius 1 is 0.420 bits per heavy atom. The predicted octanol–water partition coefficient (Wildman–Crippen LogP) is 14.1. The normalized spacial score (nSPS) is 12.0. The molecule has 0 radical (unpaired) electrons. The van der Waals surface area contributed by atoms with E-state index in [4.69, 9.17) is 8.83 Å². The van der Waals surface area contributed by atoms with Crippen molar-refractivity contribution in [1.82, 2.24) is 0 Å². The fourth-order valence-electron chi connectivity index (χ4n) is 7.80. The first kappa shape index (κ1) is 27.6. The van der Waals surface area contributed by atoms with Crippen LogP contribution in [-0.4, -0.2) is 0 Å². The molecule has 0 atom stereocenters. The van der Waals surface area contributed by atoms with Crippen molar-refractivity contribution in [3.8, 4) is 11.1 Å². The minimum Gasteiger partial charge on any atom is -0.456 e. The van der Waals surface area contributed by atoms with Gasteiger partial charge < -0.3 is 13.7 Å². The van der Waals surface area contributed by atoms with E-state index < -0.39 is 0 Å². The van der Waals surface area contributed by atoms with Crippen LogP contribution >= 0.6 is 11.3 Å². The molecule has 0 bridgehead atoms. The molecule has 0 spiro atoms. The highest BCUT2D eigenvalue weighted by molar-refractivity contribution is 7.26. The second-order valence-electron chi connectivity index (χ2n) is 12.9. The number of nitrogens with zero attached hydrogens (tertiary/aromatic N) is 1. The molecule has 0 aliphatic rings. The van der Waals surface area contributed by atoms with Gasteiger partial charge in [0.05, 0.1) is 5.69 Å². The average Bonchev–Trinajstić information content (AvgIpc) is 3.86. The molecule has 11 rings (SSSR count). The minimum atomic E-state index is 0.864. The number of thiophene rings is 1. The molecule has 0 N–H and O–H groups in total. The molecule has 0 saturated heterocycles. The van der Waals surface area contributed by atoms with Gasteiger partial charge in [0, 0.05) is 59.2 Å². The highest BCUT2D eigenvalue weighted by Crippen LogP contribution is 2.49. The predicted molar refractivity (Wildman–Crippen MR) is 212 cm³/mol. The van der Waals surface area contributed by atoms with Crippen LogP contribution < -0.4 is 4.90 Å². The van der Waals surface area contributed by atoms with Gasteiger partial charge in [-0.15, -0.1) is 11.3 Å². The number of hydrogen-bond donors (Lipinski definition) is 0. The van der Waals surface area contributed by atoms with Crippen molar-refractivity contribution in [3.05, 3.63) is 164 Å². The van der Waals surface area contributed by atoms with E-state index in [0.717, 1.165) is 66.3 Å². The molecule has 0 unspecified atom stereocenters. The molecule has 0 aliphatic heterocycles. The summed E-state index contributed by atoms with van der Waals surface area (Å²) < 4.78 is 15.5. The van der Waals surface area contributed by atoms with E-state index >= 15 is 0 Å². The molecule has 8 aromatic carbocycles. The van der Waals surface area contributed by atoms with E-state index in [9.17, 15) is 0 Å². The zero-order valence-corrected chi connectivity index (χ0v) is 27.6. The first-order chi connectivity index (χ1) is 24.8. The maximum atomic E-state index is 6.64. The van der Waals surface area contributed by atoms with Crippen LogP contribution in [0, 0.1) is 0 Å². The molecule has 4 heteroatoms. The van der Waals surface area contributed by atoms with E-state index in [2.05, 4.69) is 150 Å². The van der Waals surface area contributed by atoms with Crippen molar-refractivity contribution in [3.63, 3.8) is 0 Å². The van der Waals surface area contributed by atoms with Crippen molar-refractivity contribution in [2.75, 3.05) is 4.90 Å². The summed E-state index contributed by atoms with van der Waals surface area (Å²) in [6.45, 7) is 0. The Morgan fingerprint density at radius 2 is 1.06 bits per heavy atom. The van der Waals surface area contributed by atoms with Crippen LogP contribution in [0.4, 0.5) is 17.1 Å². The molecule has 11 aromatic rings. The maximum absolute atomic E-state index is 6.64. The summed E-state index contributed by atoms with van der Waals surface area (Å²) in [5, 5.41) is 9.32. The first-order valence-corrected chi connectivity index (χ1v) is 17.7. The lowest BCUT2D eigenvalue weighted by Crippen LogP contribution is -2.10. The van der Waals surface area contributed by atoms with Gasteiger partial charge in [-0.05, 0) is 82.6 Å². The molecule has 3 aromatic heterocycles. The lowest BCUT2D eigenvalue weighted by molar-refractivity contribution is 0.669. The topological polar surface area (TPSA) is 29.5 Å². The summed E-state index contributed by atoms with van der Waals surface area (Å²) in [4.78, 5) is 2.37. The minimum absolute atomic E-state index is 0.864. The Balaban J connectivity index is 1.17. The van der Waals surface area contributed by atoms with Gasteiger partial charge in [0.1, 0.15) is 22.3 Å². The van der Waals surface area contributed by atoms with Crippen molar-refractivity contribution in [1.29, 1.82) is 0 Å². The number of benzene rings is 8. The molecule has 0 saturated carbocycles. The van der Waals surface area contributed by atoms with Gasteiger partial charge in [0.25, 0.3) is 0 Å². The Kier molecular flexibility index (Phi) is 5.83. The van der Waals surface area contributed by atoms with Gasteiger partial charge in [-0.25, -0.2) is 0 Å². The smallest absolute Gasteiger partial charge is 0.144 e. The standard InChI is InChI=1S/C46H27NO2S/c1-2-11-32-28(9-1)10-7-14-33(32)29-19-21-30(22-20-29)47(31-23-24-36-34-12-3-5-16-39(34)48-41(36)27-31)38-15-8-18-42-44(38)45-43(50-42)26-25-37-35-13-4-6-17-40(35)49-46(37)45/h1-27H. The largest absolute Gasteiger partial charge is 0.456 e. The van der Waals surface area contributed by atoms with Crippen LogP contribution in [0.1, 0.15) is 0 Å². The van der Waals surface area contributed by atoms with Crippen LogP contribution in [0.5, 0.6) is 0 Å². The SMILES string of the molecule is c1ccc2c(-c3ccc(N(c4ccc5c(c4)oc4ccccc45)c4cccc5sc6ccc7c8ccccc8oc7c6c45)cc3)cccc2c1. The van der Waals surface area contributed by atoms with Crippen molar-refractivity contribution in [2.24, 2.45) is 0 Å². The number of furan rings is 2. The molecule has 0 fully saturated rings. The number of fused-ring (bicyclic) bond motifs is 11. The Hall–Kier alpha value is -6.36. The fourth-order valence-corrected chi connectivity index (χ4v) is 8.93. The Morgan fingerprint density at radius 3 is 1.92 bits per heavy atom. The van der Waals surface area contributed by atoms with Gasteiger partial charge in [0.15, 0.2) is 0 Å². The lowest BCUT2D eigenvalue weighted by atomic mass is 9.98. The van der Waals surface area contributed by atoms with Gasteiger partial charge in [-0.3, -0.25) is 0 Å². The van der Waals surface area contributed by atoms with E-state index in [-0.39, 0.29) is 0 Å². The summed E-state index contributed by atoms with van der Waals surface area (Å²) in [7, 11) is 0. The van der Waals surface area contributed by atoms with Crippen molar-refractivity contribution in [2.45, 2.75) is 0 Å². The van der Waals surface area contributed by atoms with E-state index in [1.807, 2.05) is 29.5 Å². The van der Waals surface area contributed by atoms with E-state index in [1.54, 1.807) is 0 Å². The quantitative estimate of drug-likeness (QED) is 0.189. The van der Waals surface area contributed by atoms with Crippen LogP contribution in [-0.2, 0) is 0 Å². The molecular formula is C46H27NO2S. The van der Waals surface area contributed by atoms with Crippen LogP contribution in [0.2, 0.25) is 0 Å². The van der Waals surface area contributed by atoms with Gasteiger partial charge in [0.2, 0.25) is 0 Å². The van der Waals surface area contributed by atoms with Gasteiger partial charge >= 0.3 is 0 Å². The highest BCUT2D eigenvalue weighted by Gasteiger charge is 2.22. The average molecular weight is 658 g/mol. The summed E-state index contributed by atoms with van der Waals surface area (Å²) in [5.74, 6) is 0.